The first-order valence-corrected chi connectivity index (χ1v) is 5.93. The molecule has 1 aliphatic carbocycles. The summed E-state index contributed by atoms with van der Waals surface area (Å²) in [5.41, 5.74) is -0.582. The number of aliphatic hydroxyl groups is 1. The topological polar surface area (TPSA) is 58.6 Å². The number of rotatable bonds is 6. The second-order valence-electron chi connectivity index (χ2n) is 4.61. The molecule has 0 radical (unpaired) electrons. The molecule has 1 rings (SSSR count). The highest BCUT2D eigenvalue weighted by Crippen LogP contribution is 2.29. The van der Waals surface area contributed by atoms with Gasteiger partial charge < -0.3 is 15.2 Å². The van der Waals surface area contributed by atoms with E-state index in [1.165, 1.54) is 0 Å². The number of ether oxygens (including phenoxy) is 1. The molecule has 0 spiro atoms. The molecule has 0 atom stereocenters. The molecular formula is C11H18F3NO3. The lowest BCUT2D eigenvalue weighted by Gasteiger charge is -2.27. The summed E-state index contributed by atoms with van der Waals surface area (Å²) in [5.74, 6) is -0.381. The van der Waals surface area contributed by atoms with Crippen molar-refractivity contribution in [1.29, 1.82) is 0 Å². The number of carbonyl (C=O) groups is 1. The summed E-state index contributed by atoms with van der Waals surface area (Å²) in [6, 6.07) is 0. The molecule has 0 heterocycles. The van der Waals surface area contributed by atoms with Crippen LogP contribution < -0.4 is 5.32 Å². The Morgan fingerprint density at radius 1 is 1.33 bits per heavy atom. The Hall–Kier alpha value is -0.820. The summed E-state index contributed by atoms with van der Waals surface area (Å²) in [6.07, 6.45) is -1.21. The van der Waals surface area contributed by atoms with Crippen molar-refractivity contribution in [1.82, 2.24) is 5.32 Å². The number of alkyl halides is 3. The zero-order valence-corrected chi connectivity index (χ0v) is 10.1. The van der Waals surface area contributed by atoms with Gasteiger partial charge in [0, 0.05) is 6.42 Å². The molecule has 0 saturated heterocycles. The number of hydrogen-bond acceptors (Lipinski definition) is 3. The molecular weight excluding hydrogens is 251 g/mol. The van der Waals surface area contributed by atoms with Gasteiger partial charge >= 0.3 is 6.18 Å². The third kappa shape index (κ3) is 5.22. The van der Waals surface area contributed by atoms with E-state index in [1.54, 1.807) is 0 Å². The average molecular weight is 269 g/mol. The van der Waals surface area contributed by atoms with Gasteiger partial charge in [0.1, 0.15) is 6.61 Å². The van der Waals surface area contributed by atoms with E-state index in [1.807, 2.05) is 0 Å². The second-order valence-corrected chi connectivity index (χ2v) is 4.61. The Morgan fingerprint density at radius 2 is 1.94 bits per heavy atom. The fourth-order valence-corrected chi connectivity index (χ4v) is 2.09. The van der Waals surface area contributed by atoms with Crippen molar-refractivity contribution < 1.29 is 27.8 Å². The predicted molar refractivity (Wildman–Crippen MR) is 57.9 cm³/mol. The molecule has 0 aromatic rings. The largest absolute Gasteiger partial charge is 0.411 e. The third-order valence-corrected chi connectivity index (χ3v) is 3.01. The van der Waals surface area contributed by atoms with Gasteiger partial charge in [0.15, 0.2) is 0 Å². The zero-order chi connectivity index (χ0) is 13.6. The lowest BCUT2D eigenvalue weighted by atomic mass is 9.99. The van der Waals surface area contributed by atoms with Crippen LogP contribution in [0.2, 0.25) is 0 Å². The number of halogens is 3. The summed E-state index contributed by atoms with van der Waals surface area (Å²) in [7, 11) is 0. The van der Waals surface area contributed by atoms with E-state index in [-0.39, 0.29) is 25.5 Å². The highest BCUT2D eigenvalue weighted by molar-refractivity contribution is 5.77. The summed E-state index contributed by atoms with van der Waals surface area (Å²) in [5, 5.41) is 11.9. The molecule has 0 aromatic heterocycles. The summed E-state index contributed by atoms with van der Waals surface area (Å²) in [6.45, 7) is -1.75. The summed E-state index contributed by atoms with van der Waals surface area (Å²) in [4.78, 5) is 11.5. The van der Waals surface area contributed by atoms with Crippen LogP contribution in [0.3, 0.4) is 0 Å². The Morgan fingerprint density at radius 3 is 2.44 bits per heavy atom. The molecule has 0 bridgehead atoms. The van der Waals surface area contributed by atoms with Gasteiger partial charge in [-0.3, -0.25) is 4.79 Å². The Balaban J connectivity index is 2.21. The number of carbonyl (C=O) groups excluding carboxylic acids is 1. The quantitative estimate of drug-likeness (QED) is 0.716. The number of nitrogens with one attached hydrogen (secondary N) is 1. The van der Waals surface area contributed by atoms with E-state index >= 15 is 0 Å². The molecule has 7 heteroatoms. The van der Waals surface area contributed by atoms with Gasteiger partial charge in [0.25, 0.3) is 0 Å². The van der Waals surface area contributed by atoms with Crippen molar-refractivity contribution in [2.45, 2.75) is 43.8 Å². The standard InChI is InChI=1S/C11H18F3NO3/c12-11(13,14)8-18-6-3-9(17)15-10(7-16)4-1-2-5-10/h16H,1-8H2,(H,15,17). The fourth-order valence-electron chi connectivity index (χ4n) is 2.09. The van der Waals surface area contributed by atoms with E-state index in [4.69, 9.17) is 0 Å². The first kappa shape index (κ1) is 15.2. The van der Waals surface area contributed by atoms with Gasteiger partial charge in [-0.15, -0.1) is 0 Å². The number of aliphatic hydroxyl groups excluding tert-OH is 1. The van der Waals surface area contributed by atoms with Crippen LogP contribution in [0.4, 0.5) is 13.2 Å². The zero-order valence-electron chi connectivity index (χ0n) is 10.1. The average Bonchev–Trinajstić information content (AvgIpc) is 2.72. The van der Waals surface area contributed by atoms with Crippen molar-refractivity contribution in [3.63, 3.8) is 0 Å². The third-order valence-electron chi connectivity index (χ3n) is 3.01. The Labute approximate surface area is 103 Å². The van der Waals surface area contributed by atoms with E-state index in [2.05, 4.69) is 10.1 Å². The minimum atomic E-state index is -4.37. The first-order valence-electron chi connectivity index (χ1n) is 5.93. The van der Waals surface area contributed by atoms with Crippen LogP contribution in [0.25, 0.3) is 0 Å². The molecule has 1 amide bonds. The van der Waals surface area contributed by atoms with Crippen molar-refractivity contribution in [2.24, 2.45) is 0 Å². The maximum absolute atomic E-state index is 11.8. The van der Waals surface area contributed by atoms with Gasteiger partial charge in [-0.25, -0.2) is 0 Å². The molecule has 0 unspecified atom stereocenters. The van der Waals surface area contributed by atoms with Crippen LogP contribution in [-0.2, 0) is 9.53 Å². The minimum Gasteiger partial charge on any atom is -0.394 e. The van der Waals surface area contributed by atoms with Gasteiger partial charge in [0.2, 0.25) is 5.91 Å². The van der Waals surface area contributed by atoms with Crippen LogP contribution in [0.5, 0.6) is 0 Å². The first-order chi connectivity index (χ1) is 8.37. The highest BCUT2D eigenvalue weighted by Gasteiger charge is 2.34. The van der Waals surface area contributed by atoms with Crippen molar-refractivity contribution in [2.75, 3.05) is 19.8 Å². The van der Waals surface area contributed by atoms with Crippen molar-refractivity contribution >= 4 is 5.91 Å². The predicted octanol–water partition coefficient (Wildman–Crippen LogP) is 1.38. The Kier molecular flexibility index (Phi) is 5.40. The molecule has 2 N–H and O–H groups in total. The minimum absolute atomic E-state index is 0.127. The van der Waals surface area contributed by atoms with Gasteiger partial charge in [0.05, 0.1) is 18.8 Å². The fraction of sp³-hybridized carbons (Fsp3) is 0.909. The van der Waals surface area contributed by atoms with Gasteiger partial charge in [-0.1, -0.05) is 12.8 Å². The monoisotopic (exact) mass is 269 g/mol. The van der Waals surface area contributed by atoms with Crippen LogP contribution in [0.15, 0.2) is 0 Å². The van der Waals surface area contributed by atoms with Crippen molar-refractivity contribution in [3.8, 4) is 0 Å². The van der Waals surface area contributed by atoms with E-state index in [0.29, 0.717) is 12.8 Å². The van der Waals surface area contributed by atoms with Crippen LogP contribution in [0.1, 0.15) is 32.1 Å². The molecule has 0 aromatic carbocycles. The van der Waals surface area contributed by atoms with Crippen LogP contribution in [-0.4, -0.2) is 42.5 Å². The Bertz CT molecular complexity index is 275. The highest BCUT2D eigenvalue weighted by atomic mass is 19.4. The maximum atomic E-state index is 11.8. The molecule has 1 saturated carbocycles. The molecule has 1 fully saturated rings. The molecule has 4 nitrogen and oxygen atoms in total. The van der Waals surface area contributed by atoms with Crippen LogP contribution >= 0.6 is 0 Å². The van der Waals surface area contributed by atoms with E-state index in [0.717, 1.165) is 12.8 Å². The van der Waals surface area contributed by atoms with E-state index in [9.17, 15) is 23.1 Å². The maximum Gasteiger partial charge on any atom is 0.411 e. The number of amides is 1. The molecule has 1 aliphatic rings. The second kappa shape index (κ2) is 6.38. The SMILES string of the molecule is O=C(CCOCC(F)(F)F)NC1(CO)CCCC1. The number of hydrogen-bond donors (Lipinski definition) is 2. The van der Waals surface area contributed by atoms with Crippen molar-refractivity contribution in [3.05, 3.63) is 0 Å². The smallest absolute Gasteiger partial charge is 0.394 e. The lowest BCUT2D eigenvalue weighted by Crippen LogP contribution is -2.49. The van der Waals surface area contributed by atoms with E-state index < -0.39 is 18.3 Å². The summed E-state index contributed by atoms with van der Waals surface area (Å²) >= 11 is 0. The molecule has 106 valence electrons. The van der Waals surface area contributed by atoms with Gasteiger partial charge in [-0.05, 0) is 12.8 Å². The van der Waals surface area contributed by atoms with Gasteiger partial charge in [-0.2, -0.15) is 13.2 Å². The molecule has 0 aliphatic heterocycles. The normalized spacial score (nSPS) is 18.9. The lowest BCUT2D eigenvalue weighted by molar-refractivity contribution is -0.174. The van der Waals surface area contributed by atoms with Crippen LogP contribution in [0, 0.1) is 0 Å². The summed E-state index contributed by atoms with van der Waals surface area (Å²) < 4.78 is 39.6. The molecule has 18 heavy (non-hydrogen) atoms.